The van der Waals surface area contributed by atoms with Gasteiger partial charge < -0.3 is 10.6 Å². The van der Waals surface area contributed by atoms with E-state index < -0.39 is 0 Å². The van der Waals surface area contributed by atoms with E-state index in [1.807, 2.05) is 0 Å². The highest BCUT2D eigenvalue weighted by molar-refractivity contribution is 7.98. The van der Waals surface area contributed by atoms with Gasteiger partial charge in [-0.25, -0.2) is 4.99 Å². The molecule has 0 spiro atoms. The third-order valence-electron chi connectivity index (χ3n) is 5.10. The minimum Gasteiger partial charge on any atom is -0.357 e. The van der Waals surface area contributed by atoms with Crippen LogP contribution in [0.1, 0.15) is 30.9 Å². The Labute approximate surface area is 173 Å². The maximum absolute atomic E-state index is 4.79. The molecule has 1 aliphatic rings. The van der Waals surface area contributed by atoms with Crippen LogP contribution in [0.4, 0.5) is 0 Å². The molecule has 0 bridgehead atoms. The van der Waals surface area contributed by atoms with Crippen molar-refractivity contribution in [3.63, 3.8) is 0 Å². The van der Waals surface area contributed by atoms with Gasteiger partial charge in [0.15, 0.2) is 5.96 Å². The smallest absolute Gasteiger partial charge is 0.191 e. The SMILES string of the molecule is CCNC(=NCc1ccc(SC)cc1)NC1CCN(Cc2ccccc2)CC1. The van der Waals surface area contributed by atoms with Crippen molar-refractivity contribution in [3.05, 3.63) is 65.7 Å². The summed E-state index contributed by atoms with van der Waals surface area (Å²) in [6.07, 6.45) is 4.41. The third-order valence-corrected chi connectivity index (χ3v) is 5.84. The molecule has 1 heterocycles. The molecule has 2 N–H and O–H groups in total. The fourth-order valence-electron chi connectivity index (χ4n) is 3.49. The fraction of sp³-hybridized carbons (Fsp3) is 0.435. The lowest BCUT2D eigenvalue weighted by Crippen LogP contribution is -2.48. The lowest BCUT2D eigenvalue weighted by Gasteiger charge is -2.33. The Balaban J connectivity index is 1.48. The first-order chi connectivity index (χ1) is 13.8. The predicted octanol–water partition coefficient (Wildman–Crippen LogP) is 4.13. The first-order valence-electron chi connectivity index (χ1n) is 10.2. The van der Waals surface area contributed by atoms with Crippen molar-refractivity contribution >= 4 is 17.7 Å². The summed E-state index contributed by atoms with van der Waals surface area (Å²) in [4.78, 5) is 8.63. The molecule has 2 aromatic carbocycles. The first kappa shape index (κ1) is 20.7. The number of aliphatic imine (C=N–C) groups is 1. The van der Waals surface area contributed by atoms with Crippen LogP contribution in [-0.4, -0.2) is 42.8 Å². The highest BCUT2D eigenvalue weighted by atomic mass is 32.2. The molecule has 5 heteroatoms. The van der Waals surface area contributed by atoms with Gasteiger partial charge in [0.2, 0.25) is 0 Å². The monoisotopic (exact) mass is 396 g/mol. The minimum absolute atomic E-state index is 0.490. The van der Waals surface area contributed by atoms with Crippen LogP contribution in [0.15, 0.2) is 64.5 Å². The summed E-state index contributed by atoms with van der Waals surface area (Å²) in [5.74, 6) is 0.929. The molecule has 0 aromatic heterocycles. The van der Waals surface area contributed by atoms with Crippen LogP contribution >= 0.6 is 11.8 Å². The maximum Gasteiger partial charge on any atom is 0.191 e. The molecule has 0 amide bonds. The Hall–Kier alpha value is -1.98. The molecule has 0 radical (unpaired) electrons. The summed E-state index contributed by atoms with van der Waals surface area (Å²) in [7, 11) is 0. The summed E-state index contributed by atoms with van der Waals surface area (Å²) >= 11 is 1.77. The number of piperidine rings is 1. The van der Waals surface area contributed by atoms with Crippen molar-refractivity contribution in [2.75, 3.05) is 25.9 Å². The summed E-state index contributed by atoms with van der Waals surface area (Å²) in [5, 5.41) is 7.04. The number of nitrogens with zero attached hydrogens (tertiary/aromatic N) is 2. The lowest BCUT2D eigenvalue weighted by atomic mass is 10.0. The number of nitrogens with one attached hydrogen (secondary N) is 2. The van der Waals surface area contributed by atoms with Gasteiger partial charge in [-0.1, -0.05) is 42.5 Å². The van der Waals surface area contributed by atoms with Crippen LogP contribution in [0, 0.1) is 0 Å². The Morgan fingerprint density at radius 1 is 1.04 bits per heavy atom. The number of hydrogen-bond donors (Lipinski definition) is 2. The zero-order valence-corrected chi connectivity index (χ0v) is 17.8. The lowest BCUT2D eigenvalue weighted by molar-refractivity contribution is 0.198. The molecular weight excluding hydrogens is 364 g/mol. The van der Waals surface area contributed by atoms with E-state index in [0.717, 1.165) is 45.0 Å². The molecule has 4 nitrogen and oxygen atoms in total. The standard InChI is InChI=1S/C23H32N4S/c1-3-24-23(25-17-19-9-11-22(28-2)12-10-19)26-21-13-15-27(16-14-21)18-20-7-5-4-6-8-20/h4-12,21H,3,13-18H2,1-2H3,(H2,24,25,26). The van der Waals surface area contributed by atoms with E-state index in [9.17, 15) is 0 Å². The molecule has 0 saturated carbocycles. The zero-order valence-electron chi connectivity index (χ0n) is 17.0. The van der Waals surface area contributed by atoms with E-state index in [4.69, 9.17) is 4.99 Å². The van der Waals surface area contributed by atoms with Crippen LogP contribution < -0.4 is 10.6 Å². The van der Waals surface area contributed by atoms with Crippen molar-refractivity contribution < 1.29 is 0 Å². The highest BCUT2D eigenvalue weighted by Gasteiger charge is 2.20. The Bertz CT molecular complexity index is 722. The maximum atomic E-state index is 4.79. The van der Waals surface area contributed by atoms with E-state index >= 15 is 0 Å². The van der Waals surface area contributed by atoms with Crippen LogP contribution in [0.2, 0.25) is 0 Å². The molecule has 1 fully saturated rings. The van der Waals surface area contributed by atoms with Gasteiger partial charge in [0.05, 0.1) is 6.54 Å². The van der Waals surface area contributed by atoms with Crippen molar-refractivity contribution in [1.82, 2.24) is 15.5 Å². The second-order valence-electron chi connectivity index (χ2n) is 7.22. The molecular formula is C23H32N4S. The summed E-state index contributed by atoms with van der Waals surface area (Å²) in [6.45, 7) is 7.01. The molecule has 0 unspecified atom stereocenters. The molecule has 0 aliphatic carbocycles. The fourth-order valence-corrected chi connectivity index (χ4v) is 3.90. The number of rotatable bonds is 7. The second kappa shape index (κ2) is 11.1. The van der Waals surface area contributed by atoms with Gasteiger partial charge in [0.25, 0.3) is 0 Å². The van der Waals surface area contributed by atoms with Crippen LogP contribution in [0.5, 0.6) is 0 Å². The van der Waals surface area contributed by atoms with Gasteiger partial charge in [-0.2, -0.15) is 0 Å². The van der Waals surface area contributed by atoms with Gasteiger partial charge in [-0.05, 0) is 49.3 Å². The van der Waals surface area contributed by atoms with Crippen LogP contribution in [0.3, 0.4) is 0 Å². The van der Waals surface area contributed by atoms with Gasteiger partial charge in [0, 0.05) is 37.1 Å². The van der Waals surface area contributed by atoms with E-state index in [0.29, 0.717) is 12.6 Å². The normalized spacial score (nSPS) is 16.1. The molecule has 150 valence electrons. The van der Waals surface area contributed by atoms with Crippen molar-refractivity contribution in [2.45, 2.75) is 43.8 Å². The quantitative estimate of drug-likeness (QED) is 0.419. The van der Waals surface area contributed by atoms with Crippen LogP contribution in [-0.2, 0) is 13.1 Å². The second-order valence-corrected chi connectivity index (χ2v) is 8.10. The van der Waals surface area contributed by atoms with Crippen LogP contribution in [0.25, 0.3) is 0 Å². The molecule has 1 saturated heterocycles. The number of hydrogen-bond acceptors (Lipinski definition) is 3. The first-order valence-corrected chi connectivity index (χ1v) is 11.4. The minimum atomic E-state index is 0.490. The predicted molar refractivity (Wildman–Crippen MR) is 121 cm³/mol. The zero-order chi connectivity index (χ0) is 19.6. The molecule has 1 aliphatic heterocycles. The molecule has 28 heavy (non-hydrogen) atoms. The largest absolute Gasteiger partial charge is 0.357 e. The molecule has 0 atom stereocenters. The number of benzene rings is 2. The van der Waals surface area contributed by atoms with E-state index in [2.05, 4.69) is 83.3 Å². The number of thioether (sulfide) groups is 1. The summed E-state index contributed by atoms with van der Waals surface area (Å²) in [5.41, 5.74) is 2.64. The van der Waals surface area contributed by atoms with E-state index in [1.165, 1.54) is 16.0 Å². The van der Waals surface area contributed by atoms with Crippen molar-refractivity contribution in [2.24, 2.45) is 4.99 Å². The highest BCUT2D eigenvalue weighted by Crippen LogP contribution is 2.16. The van der Waals surface area contributed by atoms with E-state index in [-0.39, 0.29) is 0 Å². The molecule has 2 aromatic rings. The van der Waals surface area contributed by atoms with Gasteiger partial charge in [0.1, 0.15) is 0 Å². The summed E-state index contributed by atoms with van der Waals surface area (Å²) < 4.78 is 0. The Kier molecular flexibility index (Phi) is 8.24. The van der Waals surface area contributed by atoms with Gasteiger partial charge >= 0.3 is 0 Å². The Morgan fingerprint density at radius 2 is 1.75 bits per heavy atom. The Morgan fingerprint density at radius 3 is 2.39 bits per heavy atom. The number of guanidine groups is 1. The van der Waals surface area contributed by atoms with Crippen molar-refractivity contribution in [3.8, 4) is 0 Å². The van der Waals surface area contributed by atoms with Gasteiger partial charge in [-0.3, -0.25) is 4.90 Å². The average molecular weight is 397 g/mol. The van der Waals surface area contributed by atoms with E-state index in [1.54, 1.807) is 11.8 Å². The average Bonchev–Trinajstić information content (AvgIpc) is 2.75. The van der Waals surface area contributed by atoms with Crippen molar-refractivity contribution in [1.29, 1.82) is 0 Å². The topological polar surface area (TPSA) is 39.7 Å². The third kappa shape index (κ3) is 6.57. The summed E-state index contributed by atoms with van der Waals surface area (Å²) in [6, 6.07) is 19.9. The molecule has 3 rings (SSSR count). The van der Waals surface area contributed by atoms with Gasteiger partial charge in [-0.15, -0.1) is 11.8 Å². The number of likely N-dealkylation sites (tertiary alicyclic amines) is 1.